The highest BCUT2D eigenvalue weighted by Crippen LogP contribution is 2.22. The number of methoxy groups -OCH3 is 1. The molecule has 0 aromatic heterocycles. The fourth-order valence-corrected chi connectivity index (χ4v) is 3.79. The molecular formula is C28H41NO4. The molecular weight excluding hydrogens is 414 g/mol. The van der Waals surface area contributed by atoms with Crippen molar-refractivity contribution in [3.8, 4) is 11.5 Å². The van der Waals surface area contributed by atoms with Gasteiger partial charge in [0.15, 0.2) is 0 Å². The minimum Gasteiger partial charge on any atom is -0.497 e. The fourth-order valence-electron chi connectivity index (χ4n) is 3.79. The number of likely N-dealkylation sites (N-methyl/N-ethyl adjacent to an activating group) is 1. The van der Waals surface area contributed by atoms with Gasteiger partial charge in [0.1, 0.15) is 24.2 Å². The van der Waals surface area contributed by atoms with Crippen molar-refractivity contribution in [3.05, 3.63) is 59.7 Å². The van der Waals surface area contributed by atoms with E-state index in [4.69, 9.17) is 14.2 Å². The van der Waals surface area contributed by atoms with Gasteiger partial charge in [-0.2, -0.15) is 0 Å². The maximum Gasteiger partial charge on any atom is 0.306 e. The lowest BCUT2D eigenvalue weighted by molar-refractivity contribution is -0.151. The van der Waals surface area contributed by atoms with E-state index in [0.29, 0.717) is 19.6 Å². The first kappa shape index (κ1) is 26.7. The second-order valence-corrected chi connectivity index (χ2v) is 8.81. The van der Waals surface area contributed by atoms with Gasteiger partial charge in [-0.05, 0) is 62.7 Å². The van der Waals surface area contributed by atoms with Gasteiger partial charge in [0.2, 0.25) is 0 Å². The van der Waals surface area contributed by atoms with Crippen LogP contribution < -0.4 is 9.47 Å². The Morgan fingerprint density at radius 1 is 0.970 bits per heavy atom. The van der Waals surface area contributed by atoms with Crippen LogP contribution in [0.2, 0.25) is 0 Å². The van der Waals surface area contributed by atoms with Crippen LogP contribution >= 0.6 is 0 Å². The minimum absolute atomic E-state index is 0.131. The lowest BCUT2D eigenvalue weighted by Gasteiger charge is -2.22. The number of carbonyl (C=O) groups excluding carboxylic acids is 1. The number of para-hydroxylation sites is 1. The summed E-state index contributed by atoms with van der Waals surface area (Å²) in [5.41, 5.74) is 2.37. The van der Waals surface area contributed by atoms with E-state index in [1.54, 1.807) is 7.11 Å². The zero-order valence-corrected chi connectivity index (χ0v) is 20.8. The summed E-state index contributed by atoms with van der Waals surface area (Å²) in [5, 5.41) is 0. The first-order valence-corrected chi connectivity index (χ1v) is 12.2. The fraction of sp³-hybridized carbons (Fsp3) is 0.536. The van der Waals surface area contributed by atoms with Crippen molar-refractivity contribution < 1.29 is 19.0 Å². The number of ether oxygens (including phenoxy) is 3. The number of aryl methyl sites for hydroxylation is 2. The third-order valence-corrected chi connectivity index (χ3v) is 5.57. The van der Waals surface area contributed by atoms with Crippen molar-refractivity contribution in [2.75, 3.05) is 34.4 Å². The van der Waals surface area contributed by atoms with Gasteiger partial charge < -0.3 is 19.1 Å². The van der Waals surface area contributed by atoms with Gasteiger partial charge in [-0.25, -0.2) is 0 Å². The highest BCUT2D eigenvalue weighted by Gasteiger charge is 2.17. The van der Waals surface area contributed by atoms with Crippen LogP contribution in [0.5, 0.6) is 11.5 Å². The largest absolute Gasteiger partial charge is 0.497 e. The van der Waals surface area contributed by atoms with Crippen LogP contribution in [0.4, 0.5) is 0 Å². The molecule has 0 saturated carbocycles. The van der Waals surface area contributed by atoms with Gasteiger partial charge >= 0.3 is 5.97 Å². The van der Waals surface area contributed by atoms with Gasteiger partial charge in [-0.1, -0.05) is 62.9 Å². The van der Waals surface area contributed by atoms with E-state index in [1.807, 2.05) is 49.3 Å². The van der Waals surface area contributed by atoms with Crippen molar-refractivity contribution in [1.82, 2.24) is 4.90 Å². The van der Waals surface area contributed by atoms with E-state index in [0.717, 1.165) is 42.7 Å². The molecule has 0 aliphatic heterocycles. The topological polar surface area (TPSA) is 48.0 Å². The molecule has 0 aliphatic rings. The molecule has 2 rings (SSSR count). The third kappa shape index (κ3) is 10.8. The van der Waals surface area contributed by atoms with Crippen LogP contribution in [0.3, 0.4) is 0 Å². The Hall–Kier alpha value is -2.53. The van der Waals surface area contributed by atoms with E-state index < -0.39 is 0 Å². The van der Waals surface area contributed by atoms with Crippen LogP contribution in [0.1, 0.15) is 56.6 Å². The lowest BCUT2D eigenvalue weighted by atomic mass is 10.0. The van der Waals surface area contributed by atoms with Gasteiger partial charge in [0, 0.05) is 13.0 Å². The van der Waals surface area contributed by atoms with Gasteiger partial charge in [0.05, 0.1) is 7.11 Å². The molecule has 33 heavy (non-hydrogen) atoms. The molecule has 0 aliphatic carbocycles. The highest BCUT2D eigenvalue weighted by molar-refractivity contribution is 5.69. The summed E-state index contributed by atoms with van der Waals surface area (Å²) < 4.78 is 17.3. The van der Waals surface area contributed by atoms with Crippen LogP contribution in [0.15, 0.2) is 48.5 Å². The van der Waals surface area contributed by atoms with Crippen molar-refractivity contribution in [2.24, 2.45) is 0 Å². The number of hydrogen-bond acceptors (Lipinski definition) is 5. The van der Waals surface area contributed by atoms with Crippen molar-refractivity contribution in [1.29, 1.82) is 0 Å². The summed E-state index contributed by atoms with van der Waals surface area (Å²) >= 11 is 0. The molecule has 1 atom stereocenters. The predicted molar refractivity (Wildman–Crippen MR) is 134 cm³/mol. The second-order valence-electron chi connectivity index (χ2n) is 8.81. The third-order valence-electron chi connectivity index (χ3n) is 5.57. The Bertz CT molecular complexity index is 821. The van der Waals surface area contributed by atoms with Crippen molar-refractivity contribution in [3.63, 3.8) is 0 Å². The summed E-state index contributed by atoms with van der Waals surface area (Å²) in [6.07, 6.45) is 7.52. The van der Waals surface area contributed by atoms with E-state index in [9.17, 15) is 4.79 Å². The summed E-state index contributed by atoms with van der Waals surface area (Å²) in [7, 11) is 5.65. The van der Waals surface area contributed by atoms with Gasteiger partial charge in [-0.3, -0.25) is 4.79 Å². The molecule has 0 heterocycles. The average molecular weight is 456 g/mol. The molecule has 0 N–H and O–H groups in total. The van der Waals surface area contributed by atoms with Gasteiger partial charge in [0.25, 0.3) is 0 Å². The molecule has 0 spiro atoms. The molecule has 2 aromatic carbocycles. The summed E-state index contributed by atoms with van der Waals surface area (Å²) in [6, 6.07) is 16.2. The Kier molecular flexibility index (Phi) is 12.4. The summed E-state index contributed by atoms with van der Waals surface area (Å²) in [4.78, 5) is 14.4. The molecule has 0 fully saturated rings. The van der Waals surface area contributed by atoms with E-state index in [-0.39, 0.29) is 12.1 Å². The standard InChI is InChI=1S/C28H41NO4/c1-5-6-7-8-9-17-28(30)33-26(21-29(2)3)22-32-27-16-11-10-14-24(27)19-18-23-13-12-15-25(20-23)31-4/h10-16,20,26H,5-9,17-19,21-22H2,1-4H3. The number of hydrogen-bond donors (Lipinski definition) is 0. The molecule has 0 saturated heterocycles. The summed E-state index contributed by atoms with van der Waals surface area (Å²) in [5.74, 6) is 1.59. The van der Waals surface area contributed by atoms with Crippen LogP contribution in [-0.4, -0.2) is 51.3 Å². The number of unbranched alkanes of at least 4 members (excludes halogenated alkanes) is 4. The maximum atomic E-state index is 12.4. The summed E-state index contributed by atoms with van der Waals surface area (Å²) in [6.45, 7) is 3.17. The number of esters is 1. The molecule has 5 heteroatoms. The second kappa shape index (κ2) is 15.3. The molecule has 0 amide bonds. The normalized spacial score (nSPS) is 11.9. The quantitative estimate of drug-likeness (QED) is 0.240. The van der Waals surface area contributed by atoms with Crippen LogP contribution in [0, 0.1) is 0 Å². The lowest BCUT2D eigenvalue weighted by Crippen LogP contribution is -2.35. The number of benzene rings is 2. The predicted octanol–water partition coefficient (Wildman–Crippen LogP) is 5.69. The highest BCUT2D eigenvalue weighted by atomic mass is 16.6. The van der Waals surface area contributed by atoms with E-state index in [1.165, 1.54) is 24.8 Å². The SMILES string of the molecule is CCCCCCCC(=O)OC(COc1ccccc1CCc1cccc(OC)c1)CN(C)C. The molecule has 182 valence electrons. The monoisotopic (exact) mass is 455 g/mol. The maximum absolute atomic E-state index is 12.4. The van der Waals surface area contributed by atoms with Crippen molar-refractivity contribution >= 4 is 5.97 Å². The van der Waals surface area contributed by atoms with Gasteiger partial charge in [-0.15, -0.1) is 0 Å². The van der Waals surface area contributed by atoms with Crippen molar-refractivity contribution in [2.45, 2.75) is 64.4 Å². The number of rotatable bonds is 16. The molecule has 1 unspecified atom stereocenters. The number of nitrogens with zero attached hydrogens (tertiary/aromatic N) is 1. The Morgan fingerprint density at radius 2 is 1.76 bits per heavy atom. The first-order valence-electron chi connectivity index (χ1n) is 12.2. The Balaban J connectivity index is 1.90. The zero-order chi connectivity index (χ0) is 23.9. The Labute approximate surface area is 200 Å². The molecule has 2 aromatic rings. The smallest absolute Gasteiger partial charge is 0.306 e. The minimum atomic E-state index is -0.297. The van der Waals surface area contributed by atoms with Crippen LogP contribution in [-0.2, 0) is 22.4 Å². The first-order chi connectivity index (χ1) is 16.0. The zero-order valence-electron chi connectivity index (χ0n) is 20.8. The number of carbonyl (C=O) groups is 1. The van der Waals surface area contributed by atoms with E-state index >= 15 is 0 Å². The average Bonchev–Trinajstić information content (AvgIpc) is 2.81. The van der Waals surface area contributed by atoms with Crippen LogP contribution in [0.25, 0.3) is 0 Å². The molecule has 5 nitrogen and oxygen atoms in total. The molecule has 0 bridgehead atoms. The van der Waals surface area contributed by atoms with E-state index in [2.05, 4.69) is 25.1 Å². The molecule has 0 radical (unpaired) electrons. The Morgan fingerprint density at radius 3 is 2.52 bits per heavy atom.